The molecule has 152 valence electrons. The summed E-state index contributed by atoms with van der Waals surface area (Å²) >= 11 is 0. The van der Waals surface area contributed by atoms with Gasteiger partial charge in [0.05, 0.1) is 17.3 Å². The van der Waals surface area contributed by atoms with Crippen molar-refractivity contribution in [2.75, 3.05) is 7.05 Å². The monoisotopic (exact) mass is 405 g/mol. The van der Waals surface area contributed by atoms with E-state index in [-0.39, 0.29) is 12.0 Å². The van der Waals surface area contributed by atoms with Crippen LogP contribution in [0.5, 0.6) is 0 Å². The van der Waals surface area contributed by atoms with Gasteiger partial charge in [-0.15, -0.1) is 0 Å². The van der Waals surface area contributed by atoms with Gasteiger partial charge in [-0.2, -0.15) is 13.2 Å². The highest BCUT2D eigenvalue weighted by Gasteiger charge is 2.45. The molecule has 0 aliphatic carbocycles. The minimum atomic E-state index is -5.15. The Morgan fingerprint density at radius 1 is 1.14 bits per heavy atom. The number of likely N-dealkylation sites (N-methyl/N-ethyl adjacent to an activating group) is 1. The molecule has 0 saturated carbocycles. The second-order valence-electron chi connectivity index (χ2n) is 6.83. The Hall–Kier alpha value is -3.36. The van der Waals surface area contributed by atoms with Crippen molar-refractivity contribution < 1.29 is 27.6 Å². The summed E-state index contributed by atoms with van der Waals surface area (Å²) in [6.45, 7) is 0. The van der Waals surface area contributed by atoms with Gasteiger partial charge in [-0.1, -0.05) is 18.2 Å². The third-order valence-corrected chi connectivity index (χ3v) is 4.92. The SMILES string of the molecule is CN1C=C(C(N)=O)C=C(C(=O)C(F)(F)F)C1CC(=O)c1cc2ccccc2n1C. The van der Waals surface area contributed by atoms with Gasteiger partial charge < -0.3 is 15.2 Å². The third-order valence-electron chi connectivity index (χ3n) is 4.92. The van der Waals surface area contributed by atoms with E-state index in [4.69, 9.17) is 5.73 Å². The Kier molecular flexibility index (Phi) is 5.08. The van der Waals surface area contributed by atoms with Crippen molar-refractivity contribution in [3.8, 4) is 0 Å². The van der Waals surface area contributed by atoms with Gasteiger partial charge in [0.15, 0.2) is 5.78 Å². The molecule has 0 saturated heterocycles. The van der Waals surface area contributed by atoms with E-state index < -0.39 is 35.3 Å². The number of Topliss-reactive ketones (excluding diaryl/α,β-unsaturated/α-hetero) is 2. The molecule has 1 atom stereocenters. The first-order chi connectivity index (χ1) is 13.5. The van der Waals surface area contributed by atoms with Gasteiger partial charge >= 0.3 is 6.18 Å². The molecule has 3 rings (SSSR count). The number of nitrogens with zero attached hydrogens (tertiary/aromatic N) is 2. The van der Waals surface area contributed by atoms with Crippen LogP contribution >= 0.6 is 0 Å². The summed E-state index contributed by atoms with van der Waals surface area (Å²) in [7, 11) is 3.07. The van der Waals surface area contributed by atoms with Crippen LogP contribution < -0.4 is 5.73 Å². The molecule has 2 aromatic rings. The minimum Gasteiger partial charge on any atom is -0.372 e. The summed E-state index contributed by atoms with van der Waals surface area (Å²) in [5.41, 5.74) is 5.33. The van der Waals surface area contributed by atoms with Crippen LogP contribution in [-0.4, -0.2) is 46.2 Å². The molecule has 2 N–H and O–H groups in total. The maximum Gasteiger partial charge on any atom is 0.454 e. The number of ketones is 2. The second-order valence-corrected chi connectivity index (χ2v) is 6.83. The molecule has 1 unspecified atom stereocenters. The van der Waals surface area contributed by atoms with Crippen LogP contribution in [0, 0.1) is 0 Å². The average molecular weight is 405 g/mol. The van der Waals surface area contributed by atoms with Crippen LogP contribution in [0.15, 0.2) is 53.8 Å². The van der Waals surface area contributed by atoms with E-state index in [1.54, 1.807) is 17.7 Å². The van der Waals surface area contributed by atoms with E-state index in [1.807, 2.05) is 24.3 Å². The highest BCUT2D eigenvalue weighted by atomic mass is 19.4. The minimum absolute atomic E-state index is 0.242. The number of carbonyl (C=O) groups is 3. The summed E-state index contributed by atoms with van der Waals surface area (Å²) in [6.07, 6.45) is -3.48. The fourth-order valence-electron chi connectivity index (χ4n) is 3.44. The van der Waals surface area contributed by atoms with Crippen molar-refractivity contribution >= 4 is 28.4 Å². The molecule has 6 nitrogen and oxygen atoms in total. The number of para-hydroxylation sites is 1. The van der Waals surface area contributed by atoms with E-state index in [9.17, 15) is 27.6 Å². The van der Waals surface area contributed by atoms with Crippen LogP contribution in [0.1, 0.15) is 16.9 Å². The van der Waals surface area contributed by atoms with Crippen molar-refractivity contribution in [1.82, 2.24) is 9.47 Å². The van der Waals surface area contributed by atoms with E-state index in [0.717, 1.165) is 17.0 Å². The van der Waals surface area contributed by atoms with Crippen LogP contribution in [0.3, 0.4) is 0 Å². The van der Waals surface area contributed by atoms with Crippen LogP contribution in [0.25, 0.3) is 10.9 Å². The molecule has 1 amide bonds. The third kappa shape index (κ3) is 3.80. The van der Waals surface area contributed by atoms with Crippen molar-refractivity contribution in [3.05, 3.63) is 59.4 Å². The molecular formula is C20H18F3N3O3. The first-order valence-electron chi connectivity index (χ1n) is 8.65. The number of amides is 1. The number of carbonyl (C=O) groups excluding carboxylic acids is 3. The summed E-state index contributed by atoms with van der Waals surface area (Å²) in [5, 5.41) is 0.813. The Bertz CT molecular complexity index is 1080. The number of fused-ring (bicyclic) bond motifs is 1. The fourth-order valence-corrected chi connectivity index (χ4v) is 3.44. The number of primary amides is 1. The number of alkyl halides is 3. The number of halogens is 3. The van der Waals surface area contributed by atoms with Gasteiger partial charge in [0.1, 0.15) is 0 Å². The van der Waals surface area contributed by atoms with Crippen LogP contribution in [0.4, 0.5) is 13.2 Å². The van der Waals surface area contributed by atoms with Gasteiger partial charge in [0.25, 0.3) is 5.78 Å². The van der Waals surface area contributed by atoms with E-state index in [0.29, 0.717) is 5.69 Å². The zero-order valence-electron chi connectivity index (χ0n) is 15.7. The lowest BCUT2D eigenvalue weighted by molar-refractivity contribution is -0.167. The lowest BCUT2D eigenvalue weighted by atomic mass is 9.91. The molecule has 29 heavy (non-hydrogen) atoms. The van der Waals surface area contributed by atoms with E-state index >= 15 is 0 Å². The van der Waals surface area contributed by atoms with Crippen molar-refractivity contribution in [2.45, 2.75) is 18.6 Å². The first-order valence-corrected chi connectivity index (χ1v) is 8.65. The molecule has 0 fully saturated rings. The molecular weight excluding hydrogens is 387 g/mol. The molecule has 1 aliphatic rings. The highest BCUT2D eigenvalue weighted by molar-refractivity contribution is 6.06. The predicted molar refractivity (Wildman–Crippen MR) is 99.8 cm³/mol. The zero-order chi connectivity index (χ0) is 21.5. The summed E-state index contributed by atoms with van der Waals surface area (Å²) in [6, 6.07) is 7.73. The average Bonchev–Trinajstić information content (AvgIpc) is 2.98. The van der Waals surface area contributed by atoms with Crippen LogP contribution in [0.2, 0.25) is 0 Å². The highest BCUT2D eigenvalue weighted by Crippen LogP contribution is 2.31. The smallest absolute Gasteiger partial charge is 0.372 e. The Morgan fingerprint density at radius 2 is 1.79 bits per heavy atom. The quantitative estimate of drug-likeness (QED) is 0.775. The standard InChI is InChI=1S/C20H18F3N3O3/c1-25-10-12(19(24)29)7-13(18(28)20(21,22)23)15(25)9-17(27)16-8-11-5-3-4-6-14(11)26(16)2/h3-8,10,15H,9H2,1-2H3,(H2,24,29). The van der Waals surface area contributed by atoms with Crippen molar-refractivity contribution in [1.29, 1.82) is 0 Å². The maximum atomic E-state index is 13.1. The lowest BCUT2D eigenvalue weighted by Gasteiger charge is -2.32. The van der Waals surface area contributed by atoms with Crippen molar-refractivity contribution in [3.63, 3.8) is 0 Å². The van der Waals surface area contributed by atoms with Gasteiger partial charge in [-0.25, -0.2) is 0 Å². The lowest BCUT2D eigenvalue weighted by Crippen LogP contribution is -2.41. The number of rotatable bonds is 5. The number of benzene rings is 1. The zero-order valence-corrected chi connectivity index (χ0v) is 15.7. The number of nitrogens with two attached hydrogens (primary N) is 1. The number of hydrogen-bond acceptors (Lipinski definition) is 4. The largest absolute Gasteiger partial charge is 0.454 e. The number of aryl methyl sites for hydroxylation is 1. The maximum absolute atomic E-state index is 13.1. The summed E-state index contributed by atoms with van der Waals surface area (Å²) in [5.74, 6) is -3.51. The van der Waals surface area contributed by atoms with Gasteiger partial charge in [0.2, 0.25) is 5.91 Å². The van der Waals surface area contributed by atoms with Gasteiger partial charge in [0, 0.05) is 43.2 Å². The summed E-state index contributed by atoms with van der Waals surface area (Å²) in [4.78, 5) is 37.5. The molecule has 1 aromatic carbocycles. The van der Waals surface area contributed by atoms with Gasteiger partial charge in [-0.3, -0.25) is 14.4 Å². The topological polar surface area (TPSA) is 85.4 Å². The fraction of sp³-hybridized carbons (Fsp3) is 0.250. The first kappa shape index (κ1) is 20.4. The van der Waals surface area contributed by atoms with E-state index in [1.165, 1.54) is 18.1 Å². The molecule has 0 bridgehead atoms. The Morgan fingerprint density at radius 3 is 2.38 bits per heavy atom. The molecule has 1 aliphatic heterocycles. The predicted octanol–water partition coefficient (Wildman–Crippen LogP) is 2.49. The molecule has 9 heteroatoms. The van der Waals surface area contributed by atoms with E-state index in [2.05, 4.69) is 0 Å². The van der Waals surface area contributed by atoms with Crippen molar-refractivity contribution in [2.24, 2.45) is 12.8 Å². The summed E-state index contributed by atoms with van der Waals surface area (Å²) < 4.78 is 40.9. The van der Waals surface area contributed by atoms with Crippen LogP contribution in [-0.2, 0) is 16.6 Å². The normalized spacial score (nSPS) is 17.1. The molecule has 1 aromatic heterocycles. The molecule has 2 heterocycles. The Balaban J connectivity index is 1.98. The molecule has 0 radical (unpaired) electrons. The second kappa shape index (κ2) is 7.23. The Labute approximate surface area is 164 Å². The number of aromatic nitrogens is 1. The molecule has 0 spiro atoms. The van der Waals surface area contributed by atoms with Gasteiger partial charge in [-0.05, 0) is 18.2 Å². The number of hydrogen-bond donors (Lipinski definition) is 1.